The monoisotopic (exact) mass is 469 g/mol. The van der Waals surface area contributed by atoms with Gasteiger partial charge in [0, 0.05) is 12.6 Å². The molecule has 1 heterocycles. The van der Waals surface area contributed by atoms with Gasteiger partial charge in [0.05, 0.1) is 19.8 Å². The number of halogens is 4. The lowest BCUT2D eigenvalue weighted by Crippen LogP contribution is -2.69. The number of amides is 4. The van der Waals surface area contributed by atoms with Gasteiger partial charge in [0.2, 0.25) is 0 Å². The van der Waals surface area contributed by atoms with E-state index in [1.165, 1.54) is 38.5 Å². The third kappa shape index (κ3) is 4.54. The molecule has 1 saturated heterocycles. The maximum atomic E-state index is 14.0. The zero-order chi connectivity index (χ0) is 24.4. The van der Waals surface area contributed by atoms with Crippen LogP contribution in [0.4, 0.5) is 22.4 Å². The lowest BCUT2D eigenvalue weighted by molar-refractivity contribution is -0.200. The molecule has 0 spiro atoms. The first-order chi connectivity index (χ1) is 15.5. The summed E-state index contributed by atoms with van der Waals surface area (Å²) in [5, 5.41) is 3.19. The number of carbonyl (C=O) groups excluding carboxylic acids is 3. The minimum atomic E-state index is -5.36. The molecule has 1 aliphatic heterocycles. The molecule has 0 unspecified atom stereocenters. The average Bonchev–Trinajstić information content (AvgIpc) is 3.02. The van der Waals surface area contributed by atoms with Crippen LogP contribution in [0.2, 0.25) is 0 Å². The minimum absolute atomic E-state index is 0.0202. The number of urea groups is 1. The molecule has 0 aromatic heterocycles. The van der Waals surface area contributed by atoms with E-state index in [1.807, 2.05) is 0 Å². The normalized spacial score (nSPS) is 18.2. The van der Waals surface area contributed by atoms with Crippen molar-refractivity contribution in [2.45, 2.75) is 18.3 Å². The highest BCUT2D eigenvalue weighted by atomic mass is 19.4. The van der Waals surface area contributed by atoms with Gasteiger partial charge < -0.3 is 14.8 Å². The first-order valence-electron chi connectivity index (χ1n) is 9.52. The van der Waals surface area contributed by atoms with Crippen LogP contribution in [0.15, 0.2) is 42.5 Å². The number of rotatable bonds is 7. The molecule has 3 rings (SSSR count). The van der Waals surface area contributed by atoms with E-state index in [-0.39, 0.29) is 23.5 Å². The summed E-state index contributed by atoms with van der Waals surface area (Å²) in [5.41, 5.74) is -3.49. The summed E-state index contributed by atoms with van der Waals surface area (Å²) < 4.78 is 65.1. The van der Waals surface area contributed by atoms with Crippen molar-refractivity contribution in [3.63, 3.8) is 0 Å². The molecule has 2 aromatic rings. The number of nitrogens with one attached hydrogen (secondary N) is 2. The first-order valence-corrected chi connectivity index (χ1v) is 9.52. The van der Waals surface area contributed by atoms with Gasteiger partial charge in [-0.1, -0.05) is 12.1 Å². The van der Waals surface area contributed by atoms with Crippen LogP contribution in [-0.2, 0) is 11.2 Å². The van der Waals surface area contributed by atoms with E-state index in [1.54, 1.807) is 10.6 Å². The molecule has 12 heteroatoms. The van der Waals surface area contributed by atoms with E-state index < -0.39 is 42.0 Å². The Morgan fingerprint density at radius 3 is 2.33 bits per heavy atom. The number of alkyl halides is 3. The van der Waals surface area contributed by atoms with Gasteiger partial charge in [0.1, 0.15) is 17.3 Å². The second-order valence-electron chi connectivity index (χ2n) is 7.03. The smallest absolute Gasteiger partial charge is 0.440 e. The van der Waals surface area contributed by atoms with Gasteiger partial charge in [-0.15, -0.1) is 0 Å². The molecule has 2 N–H and O–H groups in total. The van der Waals surface area contributed by atoms with Gasteiger partial charge >= 0.3 is 12.2 Å². The highest BCUT2D eigenvalue weighted by Gasteiger charge is 2.68. The van der Waals surface area contributed by atoms with Crippen molar-refractivity contribution in [2.75, 3.05) is 20.8 Å². The molecule has 33 heavy (non-hydrogen) atoms. The van der Waals surface area contributed by atoms with Crippen LogP contribution in [0.1, 0.15) is 15.9 Å². The molecule has 1 aliphatic rings. The maximum absolute atomic E-state index is 14.0. The summed E-state index contributed by atoms with van der Waals surface area (Å²) in [7, 11) is 2.55. The number of hydrogen-bond acceptors (Lipinski definition) is 5. The largest absolute Gasteiger partial charge is 0.497 e. The first kappa shape index (κ1) is 23.8. The van der Waals surface area contributed by atoms with Crippen molar-refractivity contribution in [3.8, 4) is 11.5 Å². The molecule has 4 amide bonds. The van der Waals surface area contributed by atoms with Gasteiger partial charge in [-0.05, 0) is 36.2 Å². The van der Waals surface area contributed by atoms with Crippen LogP contribution in [0.25, 0.3) is 0 Å². The quantitative estimate of drug-likeness (QED) is 0.480. The van der Waals surface area contributed by atoms with Crippen molar-refractivity contribution in [1.29, 1.82) is 0 Å². The summed E-state index contributed by atoms with van der Waals surface area (Å²) in [6, 6.07) is 7.46. The molecular weight excluding hydrogens is 450 g/mol. The summed E-state index contributed by atoms with van der Waals surface area (Å²) >= 11 is 0. The summed E-state index contributed by atoms with van der Waals surface area (Å²) in [5.74, 6) is -3.33. The highest BCUT2D eigenvalue weighted by Crippen LogP contribution is 2.35. The summed E-state index contributed by atoms with van der Waals surface area (Å²) in [4.78, 5) is 38.1. The number of carbonyl (C=O) groups is 3. The molecule has 176 valence electrons. The van der Waals surface area contributed by atoms with E-state index >= 15 is 0 Å². The Morgan fingerprint density at radius 2 is 1.76 bits per heavy atom. The Bertz CT molecular complexity index is 1070. The highest BCUT2D eigenvalue weighted by molar-refractivity contribution is 6.10. The fourth-order valence-corrected chi connectivity index (χ4v) is 3.24. The SMILES string of the molecule is COc1ccc(C(=O)N[C@@]2(C(F)(F)F)NC(=O)N(CCc3ccc(F)cc3)C2=O)c(OC)c1. The van der Waals surface area contributed by atoms with Crippen LogP contribution in [0, 0.1) is 5.82 Å². The van der Waals surface area contributed by atoms with Crippen molar-refractivity contribution in [3.05, 3.63) is 59.4 Å². The molecule has 0 radical (unpaired) electrons. The number of methoxy groups -OCH3 is 2. The van der Waals surface area contributed by atoms with Crippen LogP contribution in [-0.4, -0.2) is 55.3 Å². The zero-order valence-corrected chi connectivity index (χ0v) is 17.5. The Hall–Kier alpha value is -3.83. The average molecular weight is 469 g/mol. The second-order valence-corrected chi connectivity index (χ2v) is 7.03. The van der Waals surface area contributed by atoms with Crippen LogP contribution >= 0.6 is 0 Å². The van der Waals surface area contributed by atoms with Crippen LogP contribution in [0.5, 0.6) is 11.5 Å². The number of imide groups is 1. The van der Waals surface area contributed by atoms with E-state index in [0.717, 1.165) is 18.2 Å². The summed E-state index contributed by atoms with van der Waals surface area (Å²) in [6.07, 6.45) is -5.38. The van der Waals surface area contributed by atoms with Crippen molar-refractivity contribution >= 4 is 17.8 Å². The molecule has 0 aliphatic carbocycles. The Labute approximate surface area is 185 Å². The van der Waals surface area contributed by atoms with E-state index in [2.05, 4.69) is 0 Å². The third-order valence-corrected chi connectivity index (χ3v) is 5.02. The van der Waals surface area contributed by atoms with Crippen LogP contribution < -0.4 is 20.1 Å². The second kappa shape index (κ2) is 8.96. The molecule has 1 atom stereocenters. The van der Waals surface area contributed by atoms with Crippen LogP contribution in [0.3, 0.4) is 0 Å². The van der Waals surface area contributed by atoms with Gasteiger partial charge in [0.25, 0.3) is 17.5 Å². The number of hydrogen-bond donors (Lipinski definition) is 2. The standard InChI is InChI=1S/C21H19F4N3O5/c1-32-14-7-8-15(16(11-14)33-2)17(29)26-20(21(23,24)25)18(30)28(19(31)27-20)10-9-12-3-5-13(22)6-4-12/h3-8,11H,9-10H2,1-2H3,(H,26,29)(H,27,31)/t20-/m1/s1. The van der Waals surface area contributed by atoms with E-state index in [9.17, 15) is 31.9 Å². The fourth-order valence-electron chi connectivity index (χ4n) is 3.24. The Morgan fingerprint density at radius 1 is 1.09 bits per heavy atom. The van der Waals surface area contributed by atoms with Crippen molar-refractivity contribution < 1.29 is 41.4 Å². The molecule has 2 aromatic carbocycles. The predicted molar refractivity (Wildman–Crippen MR) is 106 cm³/mol. The lowest BCUT2D eigenvalue weighted by atomic mass is 10.1. The van der Waals surface area contributed by atoms with Gasteiger partial charge in [0.15, 0.2) is 0 Å². The van der Waals surface area contributed by atoms with Gasteiger partial charge in [-0.3, -0.25) is 19.8 Å². The predicted octanol–water partition coefficient (Wildman–Crippen LogP) is 2.63. The molecule has 1 fully saturated rings. The Balaban J connectivity index is 1.87. The Kier molecular flexibility index (Phi) is 6.47. The van der Waals surface area contributed by atoms with E-state index in [4.69, 9.17) is 9.47 Å². The molecular formula is C21H19F4N3O5. The number of nitrogens with zero attached hydrogens (tertiary/aromatic N) is 1. The van der Waals surface area contributed by atoms with Gasteiger partial charge in [-0.2, -0.15) is 13.2 Å². The minimum Gasteiger partial charge on any atom is -0.497 e. The topological polar surface area (TPSA) is 97.0 Å². The third-order valence-electron chi connectivity index (χ3n) is 5.02. The zero-order valence-electron chi connectivity index (χ0n) is 17.5. The number of ether oxygens (including phenoxy) is 2. The maximum Gasteiger partial charge on any atom is 0.440 e. The fraction of sp³-hybridized carbons (Fsp3) is 0.286. The van der Waals surface area contributed by atoms with Gasteiger partial charge in [-0.25, -0.2) is 9.18 Å². The summed E-state index contributed by atoms with van der Waals surface area (Å²) in [6.45, 7) is -0.421. The number of benzene rings is 2. The molecule has 0 bridgehead atoms. The molecule has 0 saturated carbocycles. The lowest BCUT2D eigenvalue weighted by Gasteiger charge is -2.30. The van der Waals surface area contributed by atoms with E-state index in [0.29, 0.717) is 10.5 Å². The molecule has 8 nitrogen and oxygen atoms in total. The van der Waals surface area contributed by atoms with Crippen molar-refractivity contribution in [2.24, 2.45) is 0 Å². The van der Waals surface area contributed by atoms with Crippen molar-refractivity contribution in [1.82, 2.24) is 15.5 Å².